The van der Waals surface area contributed by atoms with E-state index in [-0.39, 0.29) is 5.91 Å². The summed E-state index contributed by atoms with van der Waals surface area (Å²) in [4.78, 5) is 13.8. The summed E-state index contributed by atoms with van der Waals surface area (Å²) in [5, 5.41) is 0. The Kier molecular flexibility index (Phi) is 6.24. The van der Waals surface area contributed by atoms with Gasteiger partial charge in [-0.3, -0.25) is 4.79 Å². The van der Waals surface area contributed by atoms with Crippen LogP contribution in [0.5, 0.6) is 0 Å². The molecule has 2 rings (SSSR count). The highest BCUT2D eigenvalue weighted by molar-refractivity contribution is 5.92. The molecule has 2 N–H and O–H groups in total. The summed E-state index contributed by atoms with van der Waals surface area (Å²) in [6.07, 6.45) is 7.53. The number of hydrogen-bond donors (Lipinski definition) is 1. The first kappa shape index (κ1) is 16.0. The molecular weight excluding hydrogens is 260 g/mol. The van der Waals surface area contributed by atoms with Crippen LogP contribution in [0.3, 0.4) is 0 Å². The van der Waals surface area contributed by atoms with Gasteiger partial charge in [0.2, 0.25) is 5.91 Å². The van der Waals surface area contributed by atoms with Gasteiger partial charge in [0.05, 0.1) is 0 Å². The lowest BCUT2D eigenvalue weighted by Crippen LogP contribution is -2.34. The van der Waals surface area contributed by atoms with E-state index < -0.39 is 0 Å². The maximum Gasteiger partial charge on any atom is 0.248 e. The molecule has 1 fully saturated rings. The van der Waals surface area contributed by atoms with Crippen LogP contribution < -0.4 is 5.73 Å². The largest absolute Gasteiger partial charge is 0.366 e. The van der Waals surface area contributed by atoms with E-state index in [4.69, 9.17) is 5.73 Å². The smallest absolute Gasteiger partial charge is 0.248 e. The minimum absolute atomic E-state index is 0.332. The van der Waals surface area contributed by atoms with Crippen LogP contribution in [0.4, 0.5) is 0 Å². The number of likely N-dealkylation sites (tertiary alicyclic amines) is 1. The summed E-state index contributed by atoms with van der Waals surface area (Å²) >= 11 is 0. The van der Waals surface area contributed by atoms with E-state index >= 15 is 0 Å². The molecule has 0 bridgehead atoms. The lowest BCUT2D eigenvalue weighted by atomic mass is 9.90. The molecule has 3 heteroatoms. The van der Waals surface area contributed by atoms with Gasteiger partial charge < -0.3 is 10.6 Å². The number of amides is 1. The third-order valence-corrected chi connectivity index (χ3v) is 4.59. The Hall–Kier alpha value is -1.35. The van der Waals surface area contributed by atoms with Crippen molar-refractivity contribution in [2.45, 2.75) is 45.4 Å². The zero-order valence-corrected chi connectivity index (χ0v) is 13.2. The fraction of sp³-hybridized carbons (Fsp3) is 0.611. The number of benzene rings is 1. The molecule has 3 nitrogen and oxygen atoms in total. The first-order chi connectivity index (χ1) is 10.2. The van der Waals surface area contributed by atoms with Crippen LogP contribution in [0, 0.1) is 5.92 Å². The standard InChI is InChI=1S/C18H28N2O/c1-2-3-11-20-12-9-15(10-13-20)7-8-16-5-4-6-17(14-16)18(19)21/h4-6,14-15H,2-3,7-13H2,1H3,(H2,19,21). The Morgan fingerprint density at radius 2 is 2.10 bits per heavy atom. The van der Waals surface area contributed by atoms with Crippen molar-refractivity contribution in [2.24, 2.45) is 11.7 Å². The second-order valence-corrected chi connectivity index (χ2v) is 6.24. The second-order valence-electron chi connectivity index (χ2n) is 6.24. The van der Waals surface area contributed by atoms with E-state index in [9.17, 15) is 4.79 Å². The van der Waals surface area contributed by atoms with Crippen molar-refractivity contribution in [3.63, 3.8) is 0 Å². The predicted octanol–water partition coefficient (Wildman–Crippen LogP) is 3.23. The van der Waals surface area contributed by atoms with Crippen LogP contribution in [-0.4, -0.2) is 30.4 Å². The van der Waals surface area contributed by atoms with Gasteiger partial charge in [-0.2, -0.15) is 0 Å². The van der Waals surface area contributed by atoms with Crippen molar-refractivity contribution in [3.05, 3.63) is 35.4 Å². The molecule has 1 aromatic carbocycles. The number of rotatable bonds is 7. The van der Waals surface area contributed by atoms with Gasteiger partial charge in [0.1, 0.15) is 0 Å². The lowest BCUT2D eigenvalue weighted by Gasteiger charge is -2.32. The molecule has 1 saturated heterocycles. The van der Waals surface area contributed by atoms with E-state index in [1.807, 2.05) is 12.1 Å². The van der Waals surface area contributed by atoms with Gasteiger partial charge in [-0.15, -0.1) is 0 Å². The van der Waals surface area contributed by atoms with Gasteiger partial charge in [-0.1, -0.05) is 25.5 Å². The lowest BCUT2D eigenvalue weighted by molar-refractivity contribution is 0.1000. The number of carbonyl (C=O) groups is 1. The molecule has 0 unspecified atom stereocenters. The number of hydrogen-bond acceptors (Lipinski definition) is 2. The zero-order chi connectivity index (χ0) is 15.1. The first-order valence-electron chi connectivity index (χ1n) is 8.30. The van der Waals surface area contributed by atoms with E-state index in [0.717, 1.165) is 12.3 Å². The monoisotopic (exact) mass is 288 g/mol. The minimum atomic E-state index is -0.332. The van der Waals surface area contributed by atoms with Gasteiger partial charge in [0.25, 0.3) is 0 Å². The van der Waals surface area contributed by atoms with E-state index in [1.54, 1.807) is 6.07 Å². The van der Waals surface area contributed by atoms with E-state index in [1.165, 1.54) is 57.3 Å². The Labute approximate surface area is 128 Å². The molecule has 116 valence electrons. The third kappa shape index (κ3) is 5.16. The molecule has 0 aromatic heterocycles. The molecule has 0 radical (unpaired) electrons. The Morgan fingerprint density at radius 1 is 1.33 bits per heavy atom. The van der Waals surface area contributed by atoms with Crippen molar-refractivity contribution < 1.29 is 4.79 Å². The van der Waals surface area contributed by atoms with Crippen LogP contribution in [0.2, 0.25) is 0 Å². The topological polar surface area (TPSA) is 46.3 Å². The molecule has 0 saturated carbocycles. The fourth-order valence-electron chi connectivity index (χ4n) is 3.13. The second kappa shape index (κ2) is 8.18. The maximum atomic E-state index is 11.2. The third-order valence-electron chi connectivity index (χ3n) is 4.59. The quantitative estimate of drug-likeness (QED) is 0.837. The number of unbranched alkanes of at least 4 members (excludes halogenated alkanes) is 1. The number of nitrogens with two attached hydrogens (primary N) is 1. The van der Waals surface area contributed by atoms with Gasteiger partial charge in [0.15, 0.2) is 0 Å². The highest BCUT2D eigenvalue weighted by Gasteiger charge is 2.18. The van der Waals surface area contributed by atoms with Crippen molar-refractivity contribution in [1.29, 1.82) is 0 Å². The summed E-state index contributed by atoms with van der Waals surface area (Å²) in [5.41, 5.74) is 7.19. The molecule has 1 aliphatic rings. The molecule has 0 atom stereocenters. The summed E-state index contributed by atoms with van der Waals surface area (Å²) in [6, 6.07) is 7.77. The molecule has 1 heterocycles. The van der Waals surface area contributed by atoms with Crippen molar-refractivity contribution >= 4 is 5.91 Å². The zero-order valence-electron chi connectivity index (χ0n) is 13.2. The number of carbonyl (C=O) groups excluding carboxylic acids is 1. The van der Waals surface area contributed by atoms with E-state index in [2.05, 4.69) is 17.9 Å². The van der Waals surface area contributed by atoms with Gasteiger partial charge in [-0.05, 0) is 75.4 Å². The van der Waals surface area contributed by atoms with Crippen molar-refractivity contribution in [2.75, 3.05) is 19.6 Å². The van der Waals surface area contributed by atoms with Crippen LogP contribution >= 0.6 is 0 Å². The summed E-state index contributed by atoms with van der Waals surface area (Å²) in [6.45, 7) is 6.04. The van der Waals surface area contributed by atoms with Crippen LogP contribution in [-0.2, 0) is 6.42 Å². The highest BCUT2D eigenvalue weighted by atomic mass is 16.1. The van der Waals surface area contributed by atoms with Crippen molar-refractivity contribution in [1.82, 2.24) is 4.90 Å². The molecule has 1 amide bonds. The average molecular weight is 288 g/mol. The SMILES string of the molecule is CCCCN1CCC(CCc2cccc(C(N)=O)c2)CC1. The molecule has 0 spiro atoms. The molecule has 1 aromatic rings. The normalized spacial score (nSPS) is 17.0. The van der Waals surface area contributed by atoms with Crippen LogP contribution in [0.25, 0.3) is 0 Å². The first-order valence-corrected chi connectivity index (χ1v) is 8.30. The summed E-state index contributed by atoms with van der Waals surface area (Å²) < 4.78 is 0. The van der Waals surface area contributed by atoms with E-state index in [0.29, 0.717) is 5.56 Å². The number of nitrogens with zero attached hydrogens (tertiary/aromatic N) is 1. The fourth-order valence-corrected chi connectivity index (χ4v) is 3.13. The summed E-state index contributed by atoms with van der Waals surface area (Å²) in [7, 11) is 0. The van der Waals surface area contributed by atoms with Gasteiger partial charge in [-0.25, -0.2) is 0 Å². The van der Waals surface area contributed by atoms with Gasteiger partial charge >= 0.3 is 0 Å². The van der Waals surface area contributed by atoms with Crippen LogP contribution in [0.1, 0.15) is 54.9 Å². The van der Waals surface area contributed by atoms with Gasteiger partial charge in [0, 0.05) is 5.56 Å². The van der Waals surface area contributed by atoms with Crippen LogP contribution in [0.15, 0.2) is 24.3 Å². The number of aryl methyl sites for hydroxylation is 1. The van der Waals surface area contributed by atoms with Crippen molar-refractivity contribution in [3.8, 4) is 0 Å². The minimum Gasteiger partial charge on any atom is -0.366 e. The predicted molar refractivity (Wildman–Crippen MR) is 87.4 cm³/mol. The molecule has 1 aliphatic heterocycles. The maximum absolute atomic E-state index is 11.2. The Balaban J connectivity index is 1.74. The molecule has 0 aliphatic carbocycles. The molecular formula is C18H28N2O. The Bertz CT molecular complexity index is 450. The summed E-state index contributed by atoms with van der Waals surface area (Å²) in [5.74, 6) is 0.501. The Morgan fingerprint density at radius 3 is 2.76 bits per heavy atom. The number of piperidine rings is 1. The highest BCUT2D eigenvalue weighted by Crippen LogP contribution is 2.22. The average Bonchev–Trinajstić information content (AvgIpc) is 2.52. The molecule has 21 heavy (non-hydrogen) atoms. The number of primary amides is 1.